The number of benzene rings is 1. The van der Waals surface area contributed by atoms with Gasteiger partial charge >= 0.3 is 0 Å². The van der Waals surface area contributed by atoms with Crippen LogP contribution in [-0.4, -0.2) is 5.88 Å². The van der Waals surface area contributed by atoms with Crippen LogP contribution in [0.1, 0.15) is 0 Å². The highest BCUT2D eigenvalue weighted by atomic mass is 32.2. The fourth-order valence-corrected chi connectivity index (χ4v) is 2.88. The Morgan fingerprint density at radius 3 is 3.08 bits per heavy atom. The monoisotopic (exact) mass is 206 g/mol. The average Bonchev–Trinajstić information content (AvgIpc) is 2.65. The third kappa shape index (κ3) is 1.13. The fraction of sp³-hybridized carbons (Fsp3) is 0.111. The lowest BCUT2D eigenvalue weighted by Gasteiger charge is -2.01. The van der Waals surface area contributed by atoms with Crippen molar-refractivity contribution in [3.8, 4) is 0 Å². The van der Waals surface area contributed by atoms with Crippen LogP contribution >= 0.6 is 23.5 Å². The van der Waals surface area contributed by atoms with Crippen molar-refractivity contribution in [3.05, 3.63) is 34.5 Å². The molecule has 64 valence electrons. The third-order valence-corrected chi connectivity index (χ3v) is 3.72. The number of rotatable bonds is 0. The Hall–Kier alpha value is -0.740. The van der Waals surface area contributed by atoms with Crippen LogP contribution in [0.3, 0.4) is 0 Å². The van der Waals surface area contributed by atoms with E-state index < -0.39 is 0 Å². The highest BCUT2D eigenvalue weighted by Gasteiger charge is 2.10. The van der Waals surface area contributed by atoms with Crippen LogP contribution < -0.4 is 10.7 Å². The van der Waals surface area contributed by atoms with Crippen LogP contribution in [0.15, 0.2) is 43.5 Å². The molecule has 1 aromatic rings. The standard InChI is InChI=1S/C9H6N2S2/c1-2-7-9(11-5-13-7)8-6(1)12-4-3-10-8/h1-4H,5H2. The Morgan fingerprint density at radius 2 is 2.08 bits per heavy atom. The molecule has 0 amide bonds. The van der Waals surface area contributed by atoms with Crippen molar-refractivity contribution in [3.63, 3.8) is 0 Å². The topological polar surface area (TPSA) is 24.7 Å². The summed E-state index contributed by atoms with van der Waals surface area (Å²) >= 11 is 3.49. The summed E-state index contributed by atoms with van der Waals surface area (Å²) in [5, 5.41) is 4.13. The lowest BCUT2D eigenvalue weighted by Crippen LogP contribution is -2.27. The molecule has 0 radical (unpaired) electrons. The van der Waals surface area contributed by atoms with E-state index in [9.17, 15) is 0 Å². The largest absolute Gasteiger partial charge is 0.271 e. The van der Waals surface area contributed by atoms with Crippen molar-refractivity contribution in [1.82, 2.24) is 0 Å². The molecule has 0 aliphatic carbocycles. The summed E-state index contributed by atoms with van der Waals surface area (Å²) in [6, 6.07) is 4.26. The lowest BCUT2D eigenvalue weighted by molar-refractivity contribution is 1.07. The van der Waals surface area contributed by atoms with Gasteiger partial charge in [-0.15, -0.1) is 11.8 Å². The first-order valence-corrected chi connectivity index (χ1v) is 5.81. The number of nitrogens with zero attached hydrogens (tertiary/aromatic N) is 2. The first kappa shape index (κ1) is 7.64. The quantitative estimate of drug-likeness (QED) is 0.643. The maximum absolute atomic E-state index is 4.43. The Kier molecular flexibility index (Phi) is 1.70. The molecule has 1 aromatic carbocycles. The number of fused-ring (bicyclic) bond motifs is 3. The van der Waals surface area contributed by atoms with E-state index in [1.807, 2.05) is 11.6 Å². The van der Waals surface area contributed by atoms with E-state index in [0.717, 1.165) is 16.6 Å². The van der Waals surface area contributed by atoms with Gasteiger partial charge < -0.3 is 0 Å². The van der Waals surface area contributed by atoms with Gasteiger partial charge in [-0.05, 0) is 17.5 Å². The molecule has 0 fully saturated rings. The van der Waals surface area contributed by atoms with Gasteiger partial charge in [0.1, 0.15) is 5.36 Å². The first-order valence-electron chi connectivity index (χ1n) is 3.95. The molecule has 0 atom stereocenters. The summed E-state index contributed by atoms with van der Waals surface area (Å²) in [4.78, 5) is 11.3. The molecule has 0 N–H and O–H groups in total. The summed E-state index contributed by atoms with van der Waals surface area (Å²) in [7, 11) is 0. The smallest absolute Gasteiger partial charge is 0.103 e. The highest BCUT2D eigenvalue weighted by molar-refractivity contribution is 8.02. The molecule has 0 bridgehead atoms. The van der Waals surface area contributed by atoms with Crippen LogP contribution in [0, 0.1) is 0 Å². The summed E-state index contributed by atoms with van der Waals surface area (Å²) in [6.07, 6.45) is 1.84. The molecule has 2 heterocycles. The maximum atomic E-state index is 4.43. The van der Waals surface area contributed by atoms with Gasteiger partial charge in [0, 0.05) is 16.0 Å². The Balaban J connectivity index is 2.48. The van der Waals surface area contributed by atoms with Gasteiger partial charge in [0.25, 0.3) is 0 Å². The highest BCUT2D eigenvalue weighted by Crippen LogP contribution is 2.22. The molecule has 4 heteroatoms. The van der Waals surface area contributed by atoms with Gasteiger partial charge in [0.2, 0.25) is 0 Å². The number of hydrogen-bond acceptors (Lipinski definition) is 4. The van der Waals surface area contributed by atoms with Crippen molar-refractivity contribution < 1.29 is 0 Å². The van der Waals surface area contributed by atoms with Gasteiger partial charge in [-0.2, -0.15) is 0 Å². The molecule has 0 spiro atoms. The zero-order valence-corrected chi connectivity index (χ0v) is 8.36. The fourth-order valence-electron chi connectivity index (χ4n) is 1.41. The van der Waals surface area contributed by atoms with E-state index in [1.165, 1.54) is 9.79 Å². The Bertz CT molecular complexity index is 505. The van der Waals surface area contributed by atoms with Crippen molar-refractivity contribution in [2.24, 2.45) is 9.98 Å². The van der Waals surface area contributed by atoms with Gasteiger partial charge in [0.15, 0.2) is 0 Å². The number of thioether (sulfide) groups is 2. The van der Waals surface area contributed by atoms with Crippen LogP contribution in [0.2, 0.25) is 0 Å². The van der Waals surface area contributed by atoms with E-state index >= 15 is 0 Å². The second-order valence-corrected chi connectivity index (χ2v) is 4.66. The second-order valence-electron chi connectivity index (χ2n) is 2.72. The van der Waals surface area contributed by atoms with Gasteiger partial charge in [-0.3, -0.25) is 9.98 Å². The van der Waals surface area contributed by atoms with Gasteiger partial charge in [0.05, 0.1) is 11.2 Å². The molecule has 0 saturated carbocycles. The van der Waals surface area contributed by atoms with Crippen LogP contribution in [0.5, 0.6) is 0 Å². The first-order chi connectivity index (χ1) is 6.45. The van der Waals surface area contributed by atoms with E-state index in [1.54, 1.807) is 23.5 Å². The minimum absolute atomic E-state index is 0.843. The second kappa shape index (κ2) is 2.89. The zero-order valence-electron chi connectivity index (χ0n) is 6.73. The lowest BCUT2D eigenvalue weighted by atomic mass is 10.3. The van der Waals surface area contributed by atoms with Crippen LogP contribution in [0.4, 0.5) is 0 Å². The van der Waals surface area contributed by atoms with Crippen molar-refractivity contribution in [2.45, 2.75) is 9.79 Å². The SMILES string of the molecule is C1=CSc2ccc3c(c2=N1)=NCS3. The molecule has 2 aliphatic rings. The summed E-state index contributed by atoms with van der Waals surface area (Å²) in [5.41, 5.74) is 0. The van der Waals surface area contributed by atoms with E-state index in [-0.39, 0.29) is 0 Å². The van der Waals surface area contributed by atoms with Gasteiger partial charge in [-0.1, -0.05) is 11.8 Å². The summed E-state index contributed by atoms with van der Waals surface area (Å²) < 4.78 is 0. The van der Waals surface area contributed by atoms with Crippen molar-refractivity contribution in [1.29, 1.82) is 0 Å². The molecular weight excluding hydrogens is 200 g/mol. The number of hydrogen-bond donors (Lipinski definition) is 0. The average molecular weight is 206 g/mol. The summed E-state index contributed by atoms with van der Waals surface area (Å²) in [5.74, 6) is 0.843. The van der Waals surface area contributed by atoms with Crippen LogP contribution in [-0.2, 0) is 0 Å². The zero-order chi connectivity index (χ0) is 8.67. The Labute approximate surface area is 83.9 Å². The maximum Gasteiger partial charge on any atom is 0.103 e. The minimum Gasteiger partial charge on any atom is -0.271 e. The Morgan fingerprint density at radius 1 is 1.15 bits per heavy atom. The normalized spacial score (nSPS) is 17.2. The third-order valence-electron chi connectivity index (χ3n) is 1.98. The molecule has 0 saturated heterocycles. The minimum atomic E-state index is 0.843. The molecule has 13 heavy (non-hydrogen) atoms. The van der Waals surface area contributed by atoms with Gasteiger partial charge in [-0.25, -0.2) is 0 Å². The molecular formula is C9H6N2S2. The molecule has 2 aliphatic heterocycles. The van der Waals surface area contributed by atoms with E-state index in [4.69, 9.17) is 0 Å². The van der Waals surface area contributed by atoms with E-state index in [2.05, 4.69) is 22.1 Å². The predicted octanol–water partition coefficient (Wildman–Crippen LogP) is 1.57. The molecule has 0 aromatic heterocycles. The molecule has 2 nitrogen and oxygen atoms in total. The molecule has 0 unspecified atom stereocenters. The van der Waals surface area contributed by atoms with Crippen LogP contribution in [0.25, 0.3) is 0 Å². The summed E-state index contributed by atoms with van der Waals surface area (Å²) in [6.45, 7) is 0. The predicted molar refractivity (Wildman–Crippen MR) is 54.5 cm³/mol. The van der Waals surface area contributed by atoms with E-state index in [0.29, 0.717) is 0 Å². The molecule has 3 rings (SSSR count). The van der Waals surface area contributed by atoms with Crippen molar-refractivity contribution >= 4 is 23.5 Å². The van der Waals surface area contributed by atoms with Crippen molar-refractivity contribution in [2.75, 3.05) is 5.88 Å².